The number of rotatable bonds is 4. The molecule has 4 nitrogen and oxygen atoms in total. The second kappa shape index (κ2) is 6.43. The van der Waals surface area contributed by atoms with Crippen LogP contribution in [0.3, 0.4) is 0 Å². The fraction of sp³-hybridized carbons (Fsp3) is 0.0769. The molecule has 2 aromatic rings. The third-order valence-electron chi connectivity index (χ3n) is 2.64. The molecule has 0 atom stereocenters. The maximum Gasteiger partial charge on any atom is 0.274 e. The third kappa shape index (κ3) is 3.62. The van der Waals surface area contributed by atoms with Gasteiger partial charge in [-0.2, -0.15) is 0 Å². The largest absolute Gasteiger partial charge is 0.380 e. The second-order valence-corrected chi connectivity index (χ2v) is 5.74. The Morgan fingerprint density at radius 2 is 1.80 bits per heavy atom. The van der Waals surface area contributed by atoms with Gasteiger partial charge in [-0.1, -0.05) is 23.2 Å². The van der Waals surface area contributed by atoms with Gasteiger partial charge in [0.05, 0.1) is 16.2 Å². The van der Waals surface area contributed by atoms with Crippen molar-refractivity contribution in [3.05, 3.63) is 66.6 Å². The lowest BCUT2D eigenvalue weighted by molar-refractivity contribution is -0.385. The Hall–Kier alpha value is -1.30. The normalized spacial score (nSPS) is 10.3. The van der Waals surface area contributed by atoms with Gasteiger partial charge in [0.15, 0.2) is 0 Å². The highest BCUT2D eigenvalue weighted by atomic mass is 79.9. The van der Waals surface area contributed by atoms with Gasteiger partial charge >= 0.3 is 0 Å². The average molecular weight is 376 g/mol. The SMILES string of the molecule is O=[N+]([O-])c1ccc(Cl)cc1CNc1cc(Cl)ccc1Br. The molecule has 1 N–H and O–H groups in total. The highest BCUT2D eigenvalue weighted by molar-refractivity contribution is 9.10. The Bertz CT molecular complexity index is 665. The van der Waals surface area contributed by atoms with E-state index in [-0.39, 0.29) is 12.2 Å². The molecular weight excluding hydrogens is 367 g/mol. The molecule has 0 bridgehead atoms. The minimum absolute atomic E-state index is 0.0278. The molecule has 0 amide bonds. The van der Waals surface area contributed by atoms with E-state index in [0.29, 0.717) is 15.6 Å². The first-order valence-electron chi connectivity index (χ1n) is 5.59. The number of hydrogen-bond donors (Lipinski definition) is 1. The topological polar surface area (TPSA) is 55.2 Å². The lowest BCUT2D eigenvalue weighted by atomic mass is 10.1. The van der Waals surface area contributed by atoms with Gasteiger partial charge in [0.25, 0.3) is 5.69 Å². The quantitative estimate of drug-likeness (QED) is 0.584. The van der Waals surface area contributed by atoms with Crippen LogP contribution < -0.4 is 5.32 Å². The van der Waals surface area contributed by atoms with E-state index in [2.05, 4.69) is 21.2 Å². The maximum absolute atomic E-state index is 11.0. The van der Waals surface area contributed by atoms with Crippen LogP contribution in [0.15, 0.2) is 40.9 Å². The fourth-order valence-electron chi connectivity index (χ4n) is 1.70. The van der Waals surface area contributed by atoms with Crippen LogP contribution in [0.25, 0.3) is 0 Å². The van der Waals surface area contributed by atoms with E-state index < -0.39 is 4.92 Å². The Kier molecular flexibility index (Phi) is 4.86. The molecule has 0 aliphatic heterocycles. The molecule has 0 fully saturated rings. The van der Waals surface area contributed by atoms with Gasteiger partial charge in [-0.3, -0.25) is 10.1 Å². The van der Waals surface area contributed by atoms with Crippen LogP contribution in [-0.4, -0.2) is 4.92 Å². The summed E-state index contributed by atoms with van der Waals surface area (Å²) in [6.45, 7) is 0.274. The van der Waals surface area contributed by atoms with Gasteiger partial charge in [-0.15, -0.1) is 0 Å². The molecule has 0 aliphatic rings. The Balaban J connectivity index is 2.24. The lowest BCUT2D eigenvalue weighted by Gasteiger charge is -2.09. The summed E-state index contributed by atoms with van der Waals surface area (Å²) in [6.07, 6.45) is 0. The number of halogens is 3. The van der Waals surface area contributed by atoms with Crippen LogP contribution in [0.5, 0.6) is 0 Å². The van der Waals surface area contributed by atoms with Gasteiger partial charge in [0.2, 0.25) is 0 Å². The van der Waals surface area contributed by atoms with Crippen molar-refractivity contribution >= 4 is 50.5 Å². The Morgan fingerprint density at radius 3 is 2.50 bits per heavy atom. The number of nitro groups is 1. The number of nitrogens with zero attached hydrogens (tertiary/aromatic N) is 1. The van der Waals surface area contributed by atoms with Crippen LogP contribution in [-0.2, 0) is 6.54 Å². The van der Waals surface area contributed by atoms with E-state index in [4.69, 9.17) is 23.2 Å². The molecule has 0 saturated carbocycles. The number of nitro benzene ring substituents is 1. The van der Waals surface area contributed by atoms with Crippen molar-refractivity contribution in [3.63, 3.8) is 0 Å². The van der Waals surface area contributed by atoms with Crippen molar-refractivity contribution in [2.24, 2.45) is 0 Å². The molecule has 104 valence electrons. The van der Waals surface area contributed by atoms with E-state index in [0.717, 1.165) is 10.2 Å². The van der Waals surface area contributed by atoms with Crippen LogP contribution in [0.1, 0.15) is 5.56 Å². The van der Waals surface area contributed by atoms with Gasteiger partial charge in [0, 0.05) is 27.1 Å². The summed E-state index contributed by atoms with van der Waals surface area (Å²) in [7, 11) is 0. The molecule has 0 saturated heterocycles. The van der Waals surface area contributed by atoms with Crippen LogP contribution in [0.2, 0.25) is 10.0 Å². The second-order valence-electron chi connectivity index (χ2n) is 4.01. The van der Waals surface area contributed by atoms with E-state index in [1.54, 1.807) is 24.3 Å². The molecule has 0 aliphatic carbocycles. The minimum atomic E-state index is -0.430. The maximum atomic E-state index is 11.0. The molecule has 0 heterocycles. The average Bonchev–Trinajstić information content (AvgIpc) is 2.39. The summed E-state index contributed by atoms with van der Waals surface area (Å²) in [6, 6.07) is 9.76. The van der Waals surface area contributed by atoms with Crippen molar-refractivity contribution in [3.8, 4) is 0 Å². The summed E-state index contributed by atoms with van der Waals surface area (Å²) in [5.74, 6) is 0. The van der Waals surface area contributed by atoms with E-state index in [1.165, 1.54) is 12.1 Å². The molecule has 20 heavy (non-hydrogen) atoms. The van der Waals surface area contributed by atoms with Gasteiger partial charge in [0.1, 0.15) is 0 Å². The van der Waals surface area contributed by atoms with E-state index >= 15 is 0 Å². The van der Waals surface area contributed by atoms with E-state index in [1.807, 2.05) is 0 Å². The fourth-order valence-corrected chi connectivity index (χ4v) is 2.45. The standard InChI is InChI=1S/C13H9BrCl2N2O2/c14-11-3-1-10(16)6-12(11)17-7-8-5-9(15)2-4-13(8)18(19)20/h1-6,17H,7H2. The Labute approximate surface area is 134 Å². The monoisotopic (exact) mass is 374 g/mol. The van der Waals surface area contributed by atoms with Crippen molar-refractivity contribution in [2.75, 3.05) is 5.32 Å². The molecule has 2 aromatic carbocycles. The predicted molar refractivity (Wildman–Crippen MR) is 84.6 cm³/mol. The molecule has 0 radical (unpaired) electrons. The zero-order valence-electron chi connectivity index (χ0n) is 10.1. The first-order valence-corrected chi connectivity index (χ1v) is 7.14. The molecule has 0 aromatic heterocycles. The molecule has 2 rings (SSSR count). The molecular formula is C13H9BrCl2N2O2. The molecule has 7 heteroatoms. The highest BCUT2D eigenvalue weighted by Gasteiger charge is 2.14. The number of anilines is 1. The van der Waals surface area contributed by atoms with Gasteiger partial charge < -0.3 is 5.32 Å². The van der Waals surface area contributed by atoms with Crippen LogP contribution in [0.4, 0.5) is 11.4 Å². The summed E-state index contributed by atoms with van der Waals surface area (Å²) < 4.78 is 0.826. The summed E-state index contributed by atoms with van der Waals surface area (Å²) in [5.41, 5.74) is 1.29. The lowest BCUT2D eigenvalue weighted by Crippen LogP contribution is -2.03. The van der Waals surface area contributed by atoms with Crippen molar-refractivity contribution < 1.29 is 4.92 Å². The van der Waals surface area contributed by atoms with Crippen molar-refractivity contribution in [1.29, 1.82) is 0 Å². The van der Waals surface area contributed by atoms with Gasteiger partial charge in [-0.25, -0.2) is 0 Å². The first kappa shape index (κ1) is 15.1. The van der Waals surface area contributed by atoms with Gasteiger partial charge in [-0.05, 0) is 46.3 Å². The summed E-state index contributed by atoms with van der Waals surface area (Å²) >= 11 is 15.2. The van der Waals surface area contributed by atoms with Crippen LogP contribution in [0, 0.1) is 10.1 Å². The Morgan fingerprint density at radius 1 is 1.15 bits per heavy atom. The van der Waals surface area contributed by atoms with Crippen LogP contribution >= 0.6 is 39.1 Å². The predicted octanol–water partition coefficient (Wildman–Crippen LogP) is 5.28. The first-order chi connectivity index (χ1) is 9.47. The highest BCUT2D eigenvalue weighted by Crippen LogP contribution is 2.28. The third-order valence-corrected chi connectivity index (χ3v) is 3.80. The molecule has 0 unspecified atom stereocenters. The number of hydrogen-bond acceptors (Lipinski definition) is 3. The number of nitrogens with one attached hydrogen (secondary N) is 1. The molecule has 0 spiro atoms. The van der Waals surface area contributed by atoms with Crippen molar-refractivity contribution in [1.82, 2.24) is 0 Å². The van der Waals surface area contributed by atoms with Crippen molar-refractivity contribution in [2.45, 2.75) is 6.54 Å². The number of benzene rings is 2. The zero-order chi connectivity index (χ0) is 14.7. The minimum Gasteiger partial charge on any atom is -0.380 e. The summed E-state index contributed by atoms with van der Waals surface area (Å²) in [5, 5.41) is 15.1. The zero-order valence-corrected chi connectivity index (χ0v) is 13.2. The summed E-state index contributed by atoms with van der Waals surface area (Å²) in [4.78, 5) is 10.5. The van der Waals surface area contributed by atoms with E-state index in [9.17, 15) is 10.1 Å². The smallest absolute Gasteiger partial charge is 0.274 e.